The molecule has 3 rings (SSSR count). The standard InChI is InChI=1S/C20H13Br3N2O4/c1-2-7-29-17-15(22)9-11(10-16(17)23)8-14-18(26)24-20(28)25(19(14)27)13-5-3-12(21)4-6-13/h2-6,8-10H,1,7H2,(H,24,26,28)/b14-8-. The van der Waals surface area contributed by atoms with Gasteiger partial charge in [-0.05, 0) is 79.9 Å². The average molecular weight is 585 g/mol. The van der Waals surface area contributed by atoms with E-state index in [0.717, 1.165) is 9.37 Å². The van der Waals surface area contributed by atoms with E-state index in [4.69, 9.17) is 4.74 Å². The van der Waals surface area contributed by atoms with Gasteiger partial charge in [0.1, 0.15) is 17.9 Å². The lowest BCUT2D eigenvalue weighted by molar-refractivity contribution is -0.122. The molecule has 2 aromatic rings. The molecule has 0 bridgehead atoms. The Kier molecular flexibility index (Phi) is 6.71. The quantitative estimate of drug-likeness (QED) is 0.298. The summed E-state index contributed by atoms with van der Waals surface area (Å²) in [6, 6.07) is 9.23. The Morgan fingerprint density at radius 3 is 2.24 bits per heavy atom. The molecule has 1 heterocycles. The van der Waals surface area contributed by atoms with Gasteiger partial charge in [0.05, 0.1) is 14.6 Å². The number of nitrogens with zero attached hydrogens (tertiary/aromatic N) is 1. The second-order valence-electron chi connectivity index (χ2n) is 5.85. The van der Waals surface area contributed by atoms with Crippen molar-refractivity contribution < 1.29 is 19.1 Å². The largest absolute Gasteiger partial charge is 0.487 e. The van der Waals surface area contributed by atoms with Crippen LogP contribution in [0.2, 0.25) is 0 Å². The number of nitrogens with one attached hydrogen (secondary N) is 1. The van der Waals surface area contributed by atoms with E-state index in [2.05, 4.69) is 59.7 Å². The number of imide groups is 2. The highest BCUT2D eigenvalue weighted by molar-refractivity contribution is 9.11. The number of rotatable bonds is 5. The summed E-state index contributed by atoms with van der Waals surface area (Å²) in [7, 11) is 0. The number of halogens is 3. The molecule has 0 aromatic heterocycles. The Hall–Kier alpha value is -2.23. The van der Waals surface area contributed by atoms with Crippen molar-refractivity contribution in [1.82, 2.24) is 5.32 Å². The van der Waals surface area contributed by atoms with E-state index >= 15 is 0 Å². The molecular weight excluding hydrogens is 572 g/mol. The monoisotopic (exact) mass is 582 g/mol. The number of hydrogen-bond acceptors (Lipinski definition) is 4. The average Bonchev–Trinajstić information content (AvgIpc) is 2.66. The number of barbiturate groups is 1. The molecule has 1 aliphatic rings. The van der Waals surface area contributed by atoms with Gasteiger partial charge in [-0.25, -0.2) is 9.69 Å². The van der Waals surface area contributed by atoms with Crippen molar-refractivity contribution >= 4 is 77.4 Å². The number of hydrogen-bond donors (Lipinski definition) is 1. The summed E-state index contributed by atoms with van der Waals surface area (Å²) in [4.78, 5) is 38.4. The van der Waals surface area contributed by atoms with Crippen LogP contribution in [0.25, 0.3) is 6.08 Å². The molecule has 148 valence electrons. The predicted molar refractivity (Wildman–Crippen MR) is 121 cm³/mol. The van der Waals surface area contributed by atoms with Crippen LogP contribution in [0.5, 0.6) is 5.75 Å². The SMILES string of the molecule is C=CCOc1c(Br)cc(/C=C2/C(=O)NC(=O)N(c3ccc(Br)cc3)C2=O)cc1Br. The van der Waals surface area contributed by atoms with Crippen molar-refractivity contribution in [1.29, 1.82) is 0 Å². The van der Waals surface area contributed by atoms with Crippen LogP contribution in [0.15, 0.2) is 68.0 Å². The van der Waals surface area contributed by atoms with Crippen LogP contribution in [0, 0.1) is 0 Å². The minimum atomic E-state index is -0.796. The molecule has 0 atom stereocenters. The van der Waals surface area contributed by atoms with Crippen molar-refractivity contribution in [3.8, 4) is 5.75 Å². The number of urea groups is 1. The maximum absolute atomic E-state index is 12.9. The Labute approximate surface area is 192 Å². The smallest absolute Gasteiger partial charge is 0.335 e. The Morgan fingerprint density at radius 2 is 1.66 bits per heavy atom. The molecular formula is C20H13Br3N2O4. The van der Waals surface area contributed by atoms with Gasteiger partial charge >= 0.3 is 6.03 Å². The van der Waals surface area contributed by atoms with Crippen LogP contribution in [0.1, 0.15) is 5.56 Å². The van der Waals surface area contributed by atoms with Crippen molar-refractivity contribution in [2.45, 2.75) is 0 Å². The zero-order chi connectivity index (χ0) is 21.1. The highest BCUT2D eigenvalue weighted by Crippen LogP contribution is 2.35. The third kappa shape index (κ3) is 4.68. The molecule has 6 nitrogen and oxygen atoms in total. The fourth-order valence-electron chi connectivity index (χ4n) is 2.59. The lowest BCUT2D eigenvalue weighted by Crippen LogP contribution is -2.54. The molecule has 2 aromatic carbocycles. The predicted octanol–water partition coefficient (Wildman–Crippen LogP) is 5.21. The van der Waals surface area contributed by atoms with Crippen LogP contribution < -0.4 is 15.0 Å². The Morgan fingerprint density at radius 1 is 1.03 bits per heavy atom. The van der Waals surface area contributed by atoms with Crippen LogP contribution >= 0.6 is 47.8 Å². The second kappa shape index (κ2) is 9.06. The van der Waals surface area contributed by atoms with Crippen LogP contribution in [-0.4, -0.2) is 24.5 Å². The number of ether oxygens (including phenoxy) is 1. The van der Waals surface area contributed by atoms with Gasteiger partial charge in [0.2, 0.25) is 0 Å². The number of carbonyl (C=O) groups excluding carboxylic acids is 3. The van der Waals surface area contributed by atoms with E-state index in [1.54, 1.807) is 42.5 Å². The first kappa shape index (κ1) is 21.5. The first-order valence-electron chi connectivity index (χ1n) is 8.21. The highest BCUT2D eigenvalue weighted by atomic mass is 79.9. The van der Waals surface area contributed by atoms with E-state index in [-0.39, 0.29) is 5.57 Å². The first-order chi connectivity index (χ1) is 13.8. The molecule has 0 aliphatic carbocycles. The molecule has 9 heteroatoms. The zero-order valence-corrected chi connectivity index (χ0v) is 19.5. The van der Waals surface area contributed by atoms with E-state index in [1.807, 2.05) is 0 Å². The second-order valence-corrected chi connectivity index (χ2v) is 8.47. The van der Waals surface area contributed by atoms with Crippen molar-refractivity contribution in [3.63, 3.8) is 0 Å². The fourth-order valence-corrected chi connectivity index (χ4v) is 4.31. The normalized spacial score (nSPS) is 15.5. The lowest BCUT2D eigenvalue weighted by atomic mass is 10.1. The third-order valence-corrected chi connectivity index (χ3v) is 5.57. The summed E-state index contributed by atoms with van der Waals surface area (Å²) in [6.07, 6.45) is 3.04. The van der Waals surface area contributed by atoms with E-state index < -0.39 is 17.8 Å². The minimum Gasteiger partial charge on any atom is -0.487 e. The molecule has 4 amide bonds. The molecule has 0 saturated carbocycles. The topological polar surface area (TPSA) is 75.7 Å². The maximum atomic E-state index is 12.9. The minimum absolute atomic E-state index is 0.161. The number of anilines is 1. The van der Waals surface area contributed by atoms with E-state index in [1.165, 1.54) is 6.08 Å². The summed E-state index contributed by atoms with van der Waals surface area (Å²) >= 11 is 10.1. The molecule has 0 radical (unpaired) electrons. The third-order valence-electron chi connectivity index (χ3n) is 3.86. The van der Waals surface area contributed by atoms with Crippen LogP contribution in [0.4, 0.5) is 10.5 Å². The summed E-state index contributed by atoms with van der Waals surface area (Å²) < 4.78 is 7.62. The highest BCUT2D eigenvalue weighted by Gasteiger charge is 2.36. The molecule has 1 N–H and O–H groups in total. The summed E-state index contributed by atoms with van der Waals surface area (Å²) in [5, 5.41) is 2.20. The summed E-state index contributed by atoms with van der Waals surface area (Å²) in [5.74, 6) is -0.897. The van der Waals surface area contributed by atoms with Crippen molar-refractivity contribution in [3.05, 3.63) is 73.6 Å². The first-order valence-corrected chi connectivity index (χ1v) is 10.6. The van der Waals surface area contributed by atoms with Gasteiger partial charge in [0, 0.05) is 4.47 Å². The van der Waals surface area contributed by atoms with E-state index in [0.29, 0.717) is 32.6 Å². The Bertz CT molecular complexity index is 1030. The number of benzene rings is 2. The van der Waals surface area contributed by atoms with Crippen molar-refractivity contribution in [2.75, 3.05) is 11.5 Å². The maximum Gasteiger partial charge on any atom is 0.335 e. The van der Waals surface area contributed by atoms with Gasteiger partial charge in [-0.1, -0.05) is 28.6 Å². The summed E-state index contributed by atoms with van der Waals surface area (Å²) in [5.41, 5.74) is 0.758. The van der Waals surface area contributed by atoms with Gasteiger partial charge in [-0.15, -0.1) is 0 Å². The molecule has 29 heavy (non-hydrogen) atoms. The molecule has 1 saturated heterocycles. The van der Waals surface area contributed by atoms with Gasteiger partial charge in [0.25, 0.3) is 11.8 Å². The molecule has 1 aliphatic heterocycles. The van der Waals surface area contributed by atoms with Crippen molar-refractivity contribution in [2.24, 2.45) is 0 Å². The van der Waals surface area contributed by atoms with Gasteiger partial charge < -0.3 is 4.74 Å². The van der Waals surface area contributed by atoms with Gasteiger partial charge in [0.15, 0.2) is 0 Å². The molecule has 0 spiro atoms. The van der Waals surface area contributed by atoms with Crippen LogP contribution in [-0.2, 0) is 9.59 Å². The summed E-state index contributed by atoms with van der Waals surface area (Å²) in [6.45, 7) is 3.93. The van der Waals surface area contributed by atoms with Crippen LogP contribution in [0.3, 0.4) is 0 Å². The Balaban J connectivity index is 1.98. The van der Waals surface area contributed by atoms with Gasteiger partial charge in [-0.2, -0.15) is 0 Å². The molecule has 1 fully saturated rings. The zero-order valence-electron chi connectivity index (χ0n) is 14.7. The van der Waals surface area contributed by atoms with E-state index in [9.17, 15) is 14.4 Å². The van der Waals surface area contributed by atoms with Gasteiger partial charge in [-0.3, -0.25) is 14.9 Å². The fraction of sp³-hybridized carbons (Fsp3) is 0.0500. The number of carbonyl (C=O) groups is 3. The number of amides is 4. The lowest BCUT2D eigenvalue weighted by Gasteiger charge is -2.26. The molecule has 0 unspecified atom stereocenters.